The van der Waals surface area contributed by atoms with E-state index in [1.807, 2.05) is 0 Å². The Hall–Kier alpha value is -1.06. The average molecular weight is 292 g/mol. The Balaban J connectivity index is 2.10. The third-order valence-electron chi connectivity index (χ3n) is 3.48. The van der Waals surface area contributed by atoms with Crippen LogP contribution < -0.4 is 4.74 Å². The number of benzene rings is 1. The van der Waals surface area contributed by atoms with Crippen molar-refractivity contribution in [1.82, 2.24) is 0 Å². The zero-order valence-corrected chi connectivity index (χ0v) is 13.9. The van der Waals surface area contributed by atoms with Crippen LogP contribution in [-0.4, -0.2) is 26.4 Å². The first-order chi connectivity index (χ1) is 9.93. The predicted molar refractivity (Wildman–Crippen MR) is 84.8 cm³/mol. The third-order valence-corrected chi connectivity index (χ3v) is 3.48. The summed E-state index contributed by atoms with van der Waals surface area (Å²) in [5.74, 6) is 1.98. The molecule has 0 aliphatic carbocycles. The number of epoxide rings is 1. The van der Waals surface area contributed by atoms with Crippen LogP contribution in [0.4, 0.5) is 0 Å². The van der Waals surface area contributed by atoms with Crippen LogP contribution in [0.2, 0.25) is 0 Å². The van der Waals surface area contributed by atoms with Crippen LogP contribution >= 0.6 is 0 Å². The summed E-state index contributed by atoms with van der Waals surface area (Å²) in [5, 5.41) is 0. The Morgan fingerprint density at radius 2 is 1.81 bits per heavy atom. The molecule has 118 valence electrons. The summed E-state index contributed by atoms with van der Waals surface area (Å²) < 4.78 is 17.6. The first-order valence-corrected chi connectivity index (χ1v) is 7.88. The van der Waals surface area contributed by atoms with Gasteiger partial charge in [0.1, 0.15) is 11.4 Å². The lowest BCUT2D eigenvalue weighted by atomic mass is 9.98. The molecule has 21 heavy (non-hydrogen) atoms. The van der Waals surface area contributed by atoms with Gasteiger partial charge in [0.2, 0.25) is 0 Å². The monoisotopic (exact) mass is 292 g/mol. The van der Waals surface area contributed by atoms with Gasteiger partial charge >= 0.3 is 0 Å². The third kappa shape index (κ3) is 4.45. The maximum atomic E-state index is 6.00. The van der Waals surface area contributed by atoms with Crippen molar-refractivity contribution in [3.05, 3.63) is 29.3 Å². The van der Waals surface area contributed by atoms with Crippen LogP contribution in [0.3, 0.4) is 0 Å². The molecule has 1 aromatic rings. The lowest BCUT2D eigenvalue weighted by Gasteiger charge is -2.19. The summed E-state index contributed by atoms with van der Waals surface area (Å²) in [4.78, 5) is 0. The van der Waals surface area contributed by atoms with E-state index in [2.05, 4.69) is 52.8 Å². The fraction of sp³-hybridized carbons (Fsp3) is 0.667. The molecule has 3 heteroatoms. The first-order valence-electron chi connectivity index (χ1n) is 7.88. The van der Waals surface area contributed by atoms with Crippen LogP contribution in [0.1, 0.15) is 38.8 Å². The minimum absolute atomic E-state index is 0.297. The molecule has 1 aliphatic heterocycles. The second kappa shape index (κ2) is 6.80. The van der Waals surface area contributed by atoms with Gasteiger partial charge in [-0.1, -0.05) is 39.8 Å². The molecule has 0 radical (unpaired) electrons. The van der Waals surface area contributed by atoms with Gasteiger partial charge < -0.3 is 14.2 Å². The highest BCUT2D eigenvalue weighted by molar-refractivity contribution is 5.43. The van der Waals surface area contributed by atoms with Gasteiger partial charge in [-0.25, -0.2) is 0 Å². The summed E-state index contributed by atoms with van der Waals surface area (Å²) in [6, 6.07) is 6.34. The molecule has 0 N–H and O–H groups in total. The van der Waals surface area contributed by atoms with Crippen molar-refractivity contribution in [2.75, 3.05) is 26.4 Å². The molecule has 1 atom stereocenters. The van der Waals surface area contributed by atoms with Crippen LogP contribution in [0.5, 0.6) is 5.75 Å². The van der Waals surface area contributed by atoms with E-state index in [9.17, 15) is 0 Å². The zero-order valence-electron chi connectivity index (χ0n) is 13.9. The predicted octanol–water partition coefficient (Wildman–Crippen LogP) is 3.93. The van der Waals surface area contributed by atoms with Crippen molar-refractivity contribution in [1.29, 1.82) is 0 Å². The molecular formula is C18H28O3. The molecule has 1 heterocycles. The van der Waals surface area contributed by atoms with Crippen LogP contribution in [0.25, 0.3) is 0 Å². The Labute approximate surface area is 128 Å². The fourth-order valence-electron chi connectivity index (χ4n) is 2.25. The number of ether oxygens (including phenoxy) is 3. The van der Waals surface area contributed by atoms with Gasteiger partial charge in [-0.05, 0) is 30.4 Å². The zero-order chi connectivity index (χ0) is 15.5. The molecular weight excluding hydrogens is 264 g/mol. The molecule has 1 saturated heterocycles. The molecule has 0 spiro atoms. The summed E-state index contributed by atoms with van der Waals surface area (Å²) >= 11 is 0. The van der Waals surface area contributed by atoms with E-state index in [0.29, 0.717) is 25.0 Å². The van der Waals surface area contributed by atoms with E-state index in [-0.39, 0.29) is 5.60 Å². The molecule has 0 unspecified atom stereocenters. The number of hydrogen-bond acceptors (Lipinski definition) is 3. The van der Waals surface area contributed by atoms with Crippen molar-refractivity contribution in [2.45, 2.75) is 40.2 Å². The minimum atomic E-state index is -0.297. The quantitative estimate of drug-likeness (QED) is 0.680. The highest BCUT2D eigenvalue weighted by atomic mass is 16.6. The SMILES string of the molecule is Cc1ccc([C@]2(COCC(C)C)CO2)c(OCC(C)C)c1. The summed E-state index contributed by atoms with van der Waals surface area (Å²) in [7, 11) is 0. The maximum Gasteiger partial charge on any atom is 0.143 e. The smallest absolute Gasteiger partial charge is 0.143 e. The molecule has 2 rings (SSSR count). The highest BCUT2D eigenvalue weighted by Gasteiger charge is 2.48. The van der Waals surface area contributed by atoms with Crippen LogP contribution in [0.15, 0.2) is 18.2 Å². The minimum Gasteiger partial charge on any atom is -0.493 e. The summed E-state index contributed by atoms with van der Waals surface area (Å²) in [5.41, 5.74) is 2.03. The largest absolute Gasteiger partial charge is 0.493 e. The van der Waals surface area contributed by atoms with E-state index in [1.54, 1.807) is 0 Å². The average Bonchev–Trinajstić information content (AvgIpc) is 3.17. The van der Waals surface area contributed by atoms with E-state index in [1.165, 1.54) is 5.56 Å². The van der Waals surface area contributed by atoms with E-state index >= 15 is 0 Å². The number of aryl methyl sites for hydroxylation is 1. The Morgan fingerprint density at radius 3 is 2.38 bits per heavy atom. The lowest BCUT2D eigenvalue weighted by Crippen LogP contribution is -2.20. The topological polar surface area (TPSA) is 31.0 Å². The summed E-state index contributed by atoms with van der Waals surface area (Å²) in [6.07, 6.45) is 0. The van der Waals surface area contributed by atoms with E-state index in [0.717, 1.165) is 24.5 Å². The molecule has 1 aliphatic rings. The molecule has 1 aromatic carbocycles. The second-order valence-corrected chi connectivity index (χ2v) is 6.90. The van der Waals surface area contributed by atoms with Crippen LogP contribution in [-0.2, 0) is 15.1 Å². The summed E-state index contributed by atoms with van der Waals surface area (Å²) in [6.45, 7) is 13.5. The van der Waals surface area contributed by atoms with Gasteiger partial charge in [0, 0.05) is 12.2 Å². The Morgan fingerprint density at radius 1 is 1.14 bits per heavy atom. The van der Waals surface area contributed by atoms with Crippen molar-refractivity contribution < 1.29 is 14.2 Å². The van der Waals surface area contributed by atoms with Crippen molar-refractivity contribution in [3.8, 4) is 5.75 Å². The van der Waals surface area contributed by atoms with Gasteiger partial charge in [-0.2, -0.15) is 0 Å². The highest BCUT2D eigenvalue weighted by Crippen LogP contribution is 2.44. The van der Waals surface area contributed by atoms with Gasteiger partial charge in [0.25, 0.3) is 0 Å². The number of rotatable bonds is 8. The molecule has 0 bridgehead atoms. The van der Waals surface area contributed by atoms with Crippen molar-refractivity contribution >= 4 is 0 Å². The van der Waals surface area contributed by atoms with Gasteiger partial charge in [0.05, 0.1) is 19.8 Å². The molecule has 0 aromatic heterocycles. The lowest BCUT2D eigenvalue weighted by molar-refractivity contribution is 0.0599. The normalized spacial score (nSPS) is 21.1. The van der Waals surface area contributed by atoms with Gasteiger partial charge in [-0.3, -0.25) is 0 Å². The van der Waals surface area contributed by atoms with Crippen molar-refractivity contribution in [2.24, 2.45) is 11.8 Å². The van der Waals surface area contributed by atoms with E-state index in [4.69, 9.17) is 14.2 Å². The van der Waals surface area contributed by atoms with Crippen molar-refractivity contribution in [3.63, 3.8) is 0 Å². The molecule has 0 amide bonds. The van der Waals surface area contributed by atoms with Crippen LogP contribution in [0, 0.1) is 18.8 Å². The first kappa shape index (κ1) is 16.3. The Bertz CT molecular complexity index is 462. The Kier molecular flexibility index (Phi) is 5.28. The fourth-order valence-corrected chi connectivity index (χ4v) is 2.25. The molecule has 1 fully saturated rings. The molecule has 3 nitrogen and oxygen atoms in total. The van der Waals surface area contributed by atoms with Gasteiger partial charge in [-0.15, -0.1) is 0 Å². The number of hydrogen-bond donors (Lipinski definition) is 0. The van der Waals surface area contributed by atoms with E-state index < -0.39 is 0 Å². The van der Waals surface area contributed by atoms with Gasteiger partial charge in [0.15, 0.2) is 0 Å². The maximum absolute atomic E-state index is 6.00. The standard InChI is InChI=1S/C18H28O3/c1-13(2)9-19-11-18(12-21-18)16-7-6-15(5)8-17(16)20-10-14(3)4/h6-8,13-14H,9-12H2,1-5H3/t18-/m0/s1. The molecule has 0 saturated carbocycles. The second-order valence-electron chi connectivity index (χ2n) is 6.90.